The summed E-state index contributed by atoms with van der Waals surface area (Å²) in [6, 6.07) is 3.51. The summed E-state index contributed by atoms with van der Waals surface area (Å²) in [4.78, 5) is 40.2. The van der Waals surface area contributed by atoms with Crippen LogP contribution in [0.1, 0.15) is 36.9 Å². The highest BCUT2D eigenvalue weighted by Crippen LogP contribution is 2.12. The first-order valence-electron chi connectivity index (χ1n) is 8.34. The predicted molar refractivity (Wildman–Crippen MR) is 95.7 cm³/mol. The normalized spacial score (nSPS) is 15.5. The van der Waals surface area contributed by atoms with E-state index in [1.165, 1.54) is 11.3 Å². The van der Waals surface area contributed by atoms with Gasteiger partial charge in [-0.05, 0) is 38.6 Å². The molecule has 0 saturated carbocycles. The fourth-order valence-electron chi connectivity index (χ4n) is 2.44. The number of amides is 3. The van der Waals surface area contributed by atoms with Gasteiger partial charge in [0, 0.05) is 26.2 Å². The van der Waals surface area contributed by atoms with Gasteiger partial charge in [0.15, 0.2) is 0 Å². The van der Waals surface area contributed by atoms with Gasteiger partial charge in [-0.1, -0.05) is 6.07 Å². The molecule has 0 radical (unpaired) electrons. The van der Waals surface area contributed by atoms with Crippen molar-refractivity contribution in [3.8, 4) is 0 Å². The van der Waals surface area contributed by atoms with E-state index < -0.39 is 5.60 Å². The maximum atomic E-state index is 12.3. The lowest BCUT2D eigenvalue weighted by molar-refractivity contribution is -0.130. The summed E-state index contributed by atoms with van der Waals surface area (Å²) in [5.74, 6) is -0.385. The van der Waals surface area contributed by atoms with E-state index in [1.54, 1.807) is 21.9 Å². The maximum absolute atomic E-state index is 12.3. The lowest BCUT2D eigenvalue weighted by atomic mass is 10.2. The van der Waals surface area contributed by atoms with E-state index in [2.05, 4.69) is 5.32 Å². The lowest BCUT2D eigenvalue weighted by Crippen LogP contribution is -2.43. The molecule has 1 aromatic heterocycles. The summed E-state index contributed by atoms with van der Waals surface area (Å²) in [5, 5.41) is 4.46. The van der Waals surface area contributed by atoms with Crippen LogP contribution in [-0.2, 0) is 9.53 Å². The summed E-state index contributed by atoms with van der Waals surface area (Å²) in [6.07, 6.45) is 0.330. The standard InChI is InChI=1S/C17H25N3O4S/c1-17(2,3)24-16(23)20-8-5-7-19(9-10-20)14(21)12-18-15(22)13-6-4-11-25-13/h4,6,11H,5,7-10,12H2,1-3H3,(H,18,22). The molecule has 25 heavy (non-hydrogen) atoms. The second kappa shape index (κ2) is 8.33. The van der Waals surface area contributed by atoms with E-state index in [9.17, 15) is 14.4 Å². The molecular formula is C17H25N3O4S. The first kappa shape index (κ1) is 19.2. The molecule has 0 atom stereocenters. The number of thiophene rings is 1. The van der Waals surface area contributed by atoms with E-state index in [4.69, 9.17) is 4.74 Å². The summed E-state index contributed by atoms with van der Waals surface area (Å²) >= 11 is 1.33. The fourth-order valence-corrected chi connectivity index (χ4v) is 3.08. The molecule has 1 aliphatic rings. The minimum atomic E-state index is -0.537. The Bertz CT molecular complexity index is 610. The molecule has 0 unspecified atom stereocenters. The number of nitrogens with zero attached hydrogens (tertiary/aromatic N) is 2. The van der Waals surface area contributed by atoms with Crippen LogP contribution in [0, 0.1) is 0 Å². The predicted octanol–water partition coefficient (Wildman–Crippen LogP) is 1.95. The first-order chi connectivity index (χ1) is 11.8. The van der Waals surface area contributed by atoms with Crippen molar-refractivity contribution in [3.63, 3.8) is 0 Å². The summed E-state index contributed by atoms with van der Waals surface area (Å²) < 4.78 is 5.38. The highest BCUT2D eigenvalue weighted by molar-refractivity contribution is 7.12. The Labute approximate surface area is 151 Å². The molecule has 2 rings (SSSR count). The van der Waals surface area contributed by atoms with E-state index in [0.717, 1.165) is 0 Å². The molecule has 0 aromatic carbocycles. The van der Waals surface area contributed by atoms with Crippen molar-refractivity contribution in [2.45, 2.75) is 32.8 Å². The van der Waals surface area contributed by atoms with Gasteiger partial charge in [0.2, 0.25) is 5.91 Å². The van der Waals surface area contributed by atoms with Crippen LogP contribution in [0.4, 0.5) is 4.79 Å². The number of carbonyl (C=O) groups excluding carboxylic acids is 3. The SMILES string of the molecule is CC(C)(C)OC(=O)N1CCCN(C(=O)CNC(=O)c2cccs2)CC1. The Hall–Kier alpha value is -2.09. The van der Waals surface area contributed by atoms with Gasteiger partial charge >= 0.3 is 6.09 Å². The third-order valence-electron chi connectivity index (χ3n) is 3.65. The van der Waals surface area contributed by atoms with Crippen LogP contribution in [0.25, 0.3) is 0 Å². The van der Waals surface area contributed by atoms with Gasteiger partial charge in [0.25, 0.3) is 5.91 Å². The zero-order valence-corrected chi connectivity index (χ0v) is 15.7. The molecule has 8 heteroatoms. The highest BCUT2D eigenvalue weighted by atomic mass is 32.1. The zero-order valence-electron chi connectivity index (χ0n) is 14.9. The van der Waals surface area contributed by atoms with Crippen molar-refractivity contribution in [2.24, 2.45) is 0 Å². The van der Waals surface area contributed by atoms with Gasteiger partial charge in [-0.15, -0.1) is 11.3 Å². The average Bonchev–Trinajstić information content (AvgIpc) is 2.95. The molecule has 138 valence electrons. The number of rotatable bonds is 3. The van der Waals surface area contributed by atoms with E-state index in [-0.39, 0.29) is 24.5 Å². The smallest absolute Gasteiger partial charge is 0.410 e. The van der Waals surface area contributed by atoms with Crippen molar-refractivity contribution in [1.29, 1.82) is 0 Å². The quantitative estimate of drug-likeness (QED) is 0.886. The first-order valence-corrected chi connectivity index (χ1v) is 9.21. The molecule has 7 nitrogen and oxygen atoms in total. The number of nitrogens with one attached hydrogen (secondary N) is 1. The summed E-state index contributed by atoms with van der Waals surface area (Å²) in [7, 11) is 0. The Morgan fingerprint density at radius 3 is 2.48 bits per heavy atom. The molecule has 3 amide bonds. The third kappa shape index (κ3) is 6.04. The van der Waals surface area contributed by atoms with Crippen LogP contribution in [0.3, 0.4) is 0 Å². The number of carbonyl (C=O) groups is 3. The Morgan fingerprint density at radius 1 is 1.16 bits per heavy atom. The van der Waals surface area contributed by atoms with Gasteiger partial charge in [-0.3, -0.25) is 9.59 Å². The number of hydrogen-bond acceptors (Lipinski definition) is 5. The molecule has 2 heterocycles. The van der Waals surface area contributed by atoms with Crippen LogP contribution in [0.2, 0.25) is 0 Å². The Balaban J connectivity index is 1.80. The van der Waals surface area contributed by atoms with Crippen LogP contribution < -0.4 is 5.32 Å². The molecule has 1 aliphatic heterocycles. The molecule has 1 saturated heterocycles. The molecule has 1 fully saturated rings. The summed E-state index contributed by atoms with van der Waals surface area (Å²) in [6.45, 7) is 7.43. The topological polar surface area (TPSA) is 79.0 Å². The van der Waals surface area contributed by atoms with Gasteiger partial charge in [-0.2, -0.15) is 0 Å². The second-order valence-electron chi connectivity index (χ2n) is 6.86. The molecule has 1 aromatic rings. The zero-order chi connectivity index (χ0) is 18.4. The van der Waals surface area contributed by atoms with Gasteiger partial charge < -0.3 is 19.9 Å². The van der Waals surface area contributed by atoms with Crippen molar-refractivity contribution in [1.82, 2.24) is 15.1 Å². The molecule has 0 bridgehead atoms. The number of ether oxygens (including phenoxy) is 1. The molecular weight excluding hydrogens is 342 g/mol. The van der Waals surface area contributed by atoms with Crippen molar-refractivity contribution >= 4 is 29.2 Å². The monoisotopic (exact) mass is 367 g/mol. The molecule has 0 spiro atoms. The van der Waals surface area contributed by atoms with E-state index >= 15 is 0 Å². The van der Waals surface area contributed by atoms with Crippen molar-refractivity contribution in [3.05, 3.63) is 22.4 Å². The number of hydrogen-bond donors (Lipinski definition) is 1. The third-order valence-corrected chi connectivity index (χ3v) is 4.51. The average molecular weight is 367 g/mol. The van der Waals surface area contributed by atoms with E-state index in [1.807, 2.05) is 26.2 Å². The molecule has 1 N–H and O–H groups in total. The molecule has 0 aliphatic carbocycles. The Kier molecular flexibility index (Phi) is 6.41. The maximum Gasteiger partial charge on any atom is 0.410 e. The highest BCUT2D eigenvalue weighted by Gasteiger charge is 2.26. The van der Waals surface area contributed by atoms with Gasteiger partial charge in [0.05, 0.1) is 11.4 Å². The van der Waals surface area contributed by atoms with Gasteiger partial charge in [0.1, 0.15) is 5.60 Å². The minimum Gasteiger partial charge on any atom is -0.444 e. The van der Waals surface area contributed by atoms with Crippen LogP contribution in [0.15, 0.2) is 17.5 Å². The van der Waals surface area contributed by atoms with Crippen molar-refractivity contribution in [2.75, 3.05) is 32.7 Å². The Morgan fingerprint density at radius 2 is 1.84 bits per heavy atom. The summed E-state index contributed by atoms with van der Waals surface area (Å²) in [5.41, 5.74) is -0.537. The lowest BCUT2D eigenvalue weighted by Gasteiger charge is -2.26. The van der Waals surface area contributed by atoms with Gasteiger partial charge in [-0.25, -0.2) is 4.79 Å². The fraction of sp³-hybridized carbons (Fsp3) is 0.588. The van der Waals surface area contributed by atoms with Crippen molar-refractivity contribution < 1.29 is 19.1 Å². The largest absolute Gasteiger partial charge is 0.444 e. The van der Waals surface area contributed by atoms with Crippen LogP contribution in [-0.4, -0.2) is 66.0 Å². The second-order valence-corrected chi connectivity index (χ2v) is 7.81. The minimum absolute atomic E-state index is 0.0385. The van der Waals surface area contributed by atoms with E-state index in [0.29, 0.717) is 37.5 Å². The van der Waals surface area contributed by atoms with Crippen LogP contribution >= 0.6 is 11.3 Å². The van der Waals surface area contributed by atoms with Crippen LogP contribution in [0.5, 0.6) is 0 Å².